The Kier molecular flexibility index (Phi) is 9.21. The molecule has 3 N–H and O–H groups in total. The van der Waals surface area contributed by atoms with Crippen molar-refractivity contribution in [1.29, 1.82) is 0 Å². The number of carbonyl (C=O) groups excluding carboxylic acids is 5. The van der Waals surface area contributed by atoms with Crippen LogP contribution < -0.4 is 16.1 Å². The summed E-state index contributed by atoms with van der Waals surface area (Å²) in [6, 6.07) is -2.03. The SMILES string of the molecule is CCC(C)C(NC(=O)C1CC(F)(F)C1)C(=O)N1C[C@@H]2CCC[C@@H]2[C@H]1C(=O)NN(C[C@@H]1CCNC1=O)C(=O)C(F)Cl. The van der Waals surface area contributed by atoms with Crippen molar-refractivity contribution in [3.05, 3.63) is 0 Å². The number of rotatable bonds is 9. The highest BCUT2D eigenvalue weighted by Crippen LogP contribution is 2.44. The van der Waals surface area contributed by atoms with Crippen LogP contribution in [0.25, 0.3) is 0 Å². The van der Waals surface area contributed by atoms with Gasteiger partial charge in [0.15, 0.2) is 0 Å². The summed E-state index contributed by atoms with van der Waals surface area (Å²) in [6.45, 7) is 3.95. The maximum absolute atomic E-state index is 13.9. The molecule has 10 nitrogen and oxygen atoms in total. The fourth-order valence-corrected chi connectivity index (χ4v) is 6.51. The summed E-state index contributed by atoms with van der Waals surface area (Å²) >= 11 is 5.40. The standard InChI is InChI=1S/C26H37ClF3N5O5/c1-3-13(2)18(32-22(37)16-9-26(29,30)10-16)24(39)34-11-14-5-4-6-17(14)19(34)23(38)33-35(25(40)20(27)28)12-15-7-8-31-21(15)36/h13-20H,3-12H2,1-2H3,(H,31,36)(H,32,37)(H,33,38)/t13?,14-,15-,17-,18?,19-,20?/m0/s1. The minimum Gasteiger partial charge on any atom is -0.356 e. The number of halogens is 4. The summed E-state index contributed by atoms with van der Waals surface area (Å²) in [5.74, 6) is -8.37. The van der Waals surface area contributed by atoms with E-state index in [2.05, 4.69) is 16.1 Å². The largest absolute Gasteiger partial charge is 0.356 e. The van der Waals surface area contributed by atoms with Gasteiger partial charge in [-0.05, 0) is 37.0 Å². The van der Waals surface area contributed by atoms with E-state index >= 15 is 0 Å². The zero-order valence-corrected chi connectivity index (χ0v) is 23.4. The van der Waals surface area contributed by atoms with Gasteiger partial charge in [0.05, 0.1) is 12.5 Å². The quantitative estimate of drug-likeness (QED) is 0.278. The molecule has 5 amide bonds. The van der Waals surface area contributed by atoms with Gasteiger partial charge in [-0.1, -0.05) is 38.3 Å². The van der Waals surface area contributed by atoms with E-state index in [1.807, 2.05) is 6.92 Å². The molecule has 14 heteroatoms. The van der Waals surface area contributed by atoms with Gasteiger partial charge in [-0.2, -0.15) is 0 Å². The van der Waals surface area contributed by atoms with Gasteiger partial charge in [0.2, 0.25) is 23.6 Å². The van der Waals surface area contributed by atoms with Gasteiger partial charge in [-0.15, -0.1) is 0 Å². The summed E-state index contributed by atoms with van der Waals surface area (Å²) in [7, 11) is 0. The summed E-state index contributed by atoms with van der Waals surface area (Å²) in [5.41, 5.74) is -0.0206. The number of fused-ring (bicyclic) bond motifs is 1. The zero-order chi connectivity index (χ0) is 29.4. The van der Waals surface area contributed by atoms with E-state index in [1.165, 1.54) is 4.90 Å². The summed E-state index contributed by atoms with van der Waals surface area (Å²) in [5, 5.41) is 6.00. The second kappa shape index (κ2) is 12.1. The smallest absolute Gasteiger partial charge is 0.291 e. The highest BCUT2D eigenvalue weighted by Gasteiger charge is 2.53. The van der Waals surface area contributed by atoms with Crippen molar-refractivity contribution >= 4 is 41.1 Å². The van der Waals surface area contributed by atoms with Crippen LogP contribution in [0.1, 0.15) is 58.8 Å². The van der Waals surface area contributed by atoms with Crippen molar-refractivity contribution in [2.45, 2.75) is 82.4 Å². The lowest BCUT2D eigenvalue weighted by atomic mass is 9.80. The van der Waals surface area contributed by atoms with E-state index in [4.69, 9.17) is 11.6 Å². The lowest BCUT2D eigenvalue weighted by molar-refractivity contribution is -0.154. The Morgan fingerprint density at radius 1 is 1.18 bits per heavy atom. The van der Waals surface area contributed by atoms with Crippen molar-refractivity contribution in [2.75, 3.05) is 19.6 Å². The molecule has 2 saturated heterocycles. The number of hydrogen-bond donors (Lipinski definition) is 3. The molecule has 224 valence electrons. The molecule has 0 bridgehead atoms. The van der Waals surface area contributed by atoms with Crippen LogP contribution in [0.3, 0.4) is 0 Å². The molecule has 2 aliphatic carbocycles. The topological polar surface area (TPSA) is 128 Å². The second-order valence-corrected chi connectivity index (χ2v) is 12.0. The third kappa shape index (κ3) is 6.33. The van der Waals surface area contributed by atoms with Gasteiger partial charge in [-0.25, -0.2) is 18.2 Å². The molecule has 3 unspecified atom stereocenters. The predicted octanol–water partition coefficient (Wildman–Crippen LogP) is 1.72. The monoisotopic (exact) mass is 591 g/mol. The molecule has 0 aromatic carbocycles. The highest BCUT2D eigenvalue weighted by molar-refractivity contribution is 6.29. The first kappa shape index (κ1) is 30.4. The third-order valence-electron chi connectivity index (χ3n) is 8.94. The average molecular weight is 592 g/mol. The van der Waals surface area contributed by atoms with Crippen molar-refractivity contribution in [3.63, 3.8) is 0 Å². The minimum atomic E-state index is -2.89. The molecule has 4 aliphatic rings. The van der Waals surface area contributed by atoms with Crippen LogP contribution in [0.15, 0.2) is 0 Å². The highest BCUT2D eigenvalue weighted by atomic mass is 35.5. The molecule has 0 radical (unpaired) electrons. The maximum Gasteiger partial charge on any atom is 0.291 e. The number of hydrogen-bond acceptors (Lipinski definition) is 5. The number of alkyl halides is 4. The van der Waals surface area contributed by atoms with E-state index in [9.17, 15) is 37.1 Å². The van der Waals surface area contributed by atoms with Crippen molar-refractivity contribution < 1.29 is 37.1 Å². The van der Waals surface area contributed by atoms with Crippen molar-refractivity contribution in [2.24, 2.45) is 29.6 Å². The zero-order valence-electron chi connectivity index (χ0n) is 22.6. The van der Waals surface area contributed by atoms with Crippen LogP contribution in [0.2, 0.25) is 0 Å². The van der Waals surface area contributed by atoms with Gasteiger partial charge in [0.25, 0.3) is 17.4 Å². The Bertz CT molecular complexity index is 1020. The Hall–Kier alpha value is -2.57. The van der Waals surface area contributed by atoms with Crippen LogP contribution in [-0.4, -0.2) is 82.7 Å². The number of likely N-dealkylation sites (tertiary alicyclic amines) is 1. The first-order valence-electron chi connectivity index (χ1n) is 14.0. The van der Waals surface area contributed by atoms with Crippen LogP contribution in [0.5, 0.6) is 0 Å². The van der Waals surface area contributed by atoms with Gasteiger partial charge in [0, 0.05) is 31.8 Å². The molecule has 0 spiro atoms. The fraction of sp³-hybridized carbons (Fsp3) is 0.808. The fourth-order valence-electron chi connectivity index (χ4n) is 6.39. The molecule has 7 atom stereocenters. The minimum absolute atomic E-state index is 0.0185. The Labute approximate surface area is 236 Å². The van der Waals surface area contributed by atoms with E-state index in [0.29, 0.717) is 30.8 Å². The molecule has 0 aromatic rings. The van der Waals surface area contributed by atoms with Gasteiger partial charge in [-0.3, -0.25) is 29.4 Å². The maximum atomic E-state index is 13.9. The van der Waals surface area contributed by atoms with Crippen LogP contribution in [0, 0.1) is 29.6 Å². The van der Waals surface area contributed by atoms with Crippen LogP contribution in [-0.2, 0) is 24.0 Å². The number of carbonyl (C=O) groups is 5. The molecule has 4 rings (SSSR count). The Morgan fingerprint density at radius 2 is 1.88 bits per heavy atom. The predicted molar refractivity (Wildman–Crippen MR) is 137 cm³/mol. The Balaban J connectivity index is 1.53. The van der Waals surface area contributed by atoms with Gasteiger partial charge >= 0.3 is 0 Å². The first-order chi connectivity index (χ1) is 18.8. The van der Waals surface area contributed by atoms with E-state index in [1.54, 1.807) is 6.92 Å². The lowest BCUT2D eigenvalue weighted by Crippen LogP contribution is -2.60. The summed E-state index contributed by atoms with van der Waals surface area (Å²) in [6.07, 6.45) is 2.05. The van der Waals surface area contributed by atoms with Crippen LogP contribution in [0.4, 0.5) is 13.2 Å². The molecule has 2 saturated carbocycles. The molecule has 2 heterocycles. The van der Waals surface area contributed by atoms with E-state index in [-0.39, 0.29) is 36.8 Å². The number of hydrazine groups is 1. The lowest BCUT2D eigenvalue weighted by Gasteiger charge is -2.37. The molecule has 2 aliphatic heterocycles. The first-order valence-corrected chi connectivity index (χ1v) is 14.4. The molecular formula is C26H37ClF3N5O5. The van der Waals surface area contributed by atoms with Gasteiger partial charge in [0.1, 0.15) is 12.1 Å². The normalized spacial score (nSPS) is 29.6. The van der Waals surface area contributed by atoms with E-state index in [0.717, 1.165) is 12.8 Å². The molecule has 40 heavy (non-hydrogen) atoms. The number of nitrogens with zero attached hydrogens (tertiary/aromatic N) is 2. The molecule has 4 fully saturated rings. The summed E-state index contributed by atoms with van der Waals surface area (Å²) in [4.78, 5) is 66.3. The molecule has 0 aromatic heterocycles. The summed E-state index contributed by atoms with van der Waals surface area (Å²) < 4.78 is 40.6. The number of nitrogens with one attached hydrogen (secondary N) is 3. The van der Waals surface area contributed by atoms with Crippen LogP contribution >= 0.6 is 11.6 Å². The average Bonchev–Trinajstić information content (AvgIpc) is 3.60. The van der Waals surface area contributed by atoms with Crippen molar-refractivity contribution in [1.82, 2.24) is 26.0 Å². The van der Waals surface area contributed by atoms with Gasteiger partial charge < -0.3 is 15.5 Å². The Morgan fingerprint density at radius 3 is 2.45 bits per heavy atom. The molecular weight excluding hydrogens is 555 g/mol. The second-order valence-electron chi connectivity index (χ2n) is 11.6. The van der Waals surface area contributed by atoms with Crippen molar-refractivity contribution in [3.8, 4) is 0 Å². The third-order valence-corrected chi connectivity index (χ3v) is 9.13. The number of amides is 5. The van der Waals surface area contributed by atoms with E-state index < -0.39 is 71.9 Å².